The Balaban J connectivity index is 1.74. The second-order valence-electron chi connectivity index (χ2n) is 6.52. The van der Waals surface area contributed by atoms with Crippen LogP contribution in [0.4, 0.5) is 5.69 Å². The largest absolute Gasteiger partial charge is 0.495 e. The molecule has 0 saturated heterocycles. The van der Waals surface area contributed by atoms with Gasteiger partial charge in [0, 0.05) is 16.7 Å². The highest BCUT2D eigenvalue weighted by molar-refractivity contribution is 6.30. The van der Waals surface area contributed by atoms with Crippen LogP contribution in [-0.2, 0) is 0 Å². The number of halogens is 1. The fourth-order valence-corrected chi connectivity index (χ4v) is 3.23. The number of aromatic nitrogens is 2. The number of methoxy groups -OCH3 is 1. The number of rotatable bonds is 6. The van der Waals surface area contributed by atoms with Crippen LogP contribution in [-0.4, -0.2) is 28.7 Å². The SMILES string of the molecule is COc1ccc(C(N)=O)cc1NC(=O)c1cc(-c2ccco2)n(-c2cccc(Cl)c2)n1. The van der Waals surface area contributed by atoms with E-state index in [0.29, 0.717) is 33.6 Å². The van der Waals surface area contributed by atoms with Gasteiger partial charge in [0.15, 0.2) is 11.5 Å². The lowest BCUT2D eigenvalue weighted by Crippen LogP contribution is -2.16. The number of benzene rings is 2. The zero-order valence-electron chi connectivity index (χ0n) is 16.3. The summed E-state index contributed by atoms with van der Waals surface area (Å²) < 4.78 is 12.3. The molecule has 2 heterocycles. The second kappa shape index (κ2) is 8.37. The fraction of sp³-hybridized carbons (Fsp3) is 0.0455. The number of hydrogen-bond donors (Lipinski definition) is 2. The summed E-state index contributed by atoms with van der Waals surface area (Å²) in [5, 5.41) is 7.68. The van der Waals surface area contributed by atoms with Gasteiger partial charge in [-0.2, -0.15) is 5.10 Å². The molecule has 0 radical (unpaired) electrons. The van der Waals surface area contributed by atoms with Crippen LogP contribution in [0.15, 0.2) is 71.3 Å². The van der Waals surface area contributed by atoms with Gasteiger partial charge in [-0.15, -0.1) is 0 Å². The van der Waals surface area contributed by atoms with E-state index < -0.39 is 11.8 Å². The van der Waals surface area contributed by atoms with Crippen molar-refractivity contribution in [2.24, 2.45) is 5.73 Å². The average Bonchev–Trinajstić information content (AvgIpc) is 3.43. The third-order valence-corrected chi connectivity index (χ3v) is 4.74. The van der Waals surface area contributed by atoms with Gasteiger partial charge in [0.2, 0.25) is 5.91 Å². The van der Waals surface area contributed by atoms with Crippen LogP contribution in [0, 0.1) is 0 Å². The number of hydrogen-bond acceptors (Lipinski definition) is 5. The average molecular weight is 437 g/mol. The number of carbonyl (C=O) groups excluding carboxylic acids is 2. The molecule has 0 bridgehead atoms. The Morgan fingerprint density at radius 1 is 1.13 bits per heavy atom. The van der Waals surface area contributed by atoms with Crippen molar-refractivity contribution in [3.63, 3.8) is 0 Å². The van der Waals surface area contributed by atoms with Crippen molar-refractivity contribution in [2.75, 3.05) is 12.4 Å². The molecule has 3 N–H and O–H groups in total. The minimum atomic E-state index is -0.622. The van der Waals surface area contributed by atoms with Crippen molar-refractivity contribution < 1.29 is 18.7 Å². The summed E-state index contributed by atoms with van der Waals surface area (Å²) >= 11 is 6.13. The summed E-state index contributed by atoms with van der Waals surface area (Å²) in [7, 11) is 1.46. The van der Waals surface area contributed by atoms with Crippen LogP contribution in [0.5, 0.6) is 5.75 Å². The monoisotopic (exact) mass is 436 g/mol. The lowest BCUT2D eigenvalue weighted by atomic mass is 10.1. The predicted octanol–water partition coefficient (Wildman–Crippen LogP) is 4.15. The Morgan fingerprint density at radius 3 is 2.65 bits per heavy atom. The highest BCUT2D eigenvalue weighted by Crippen LogP contribution is 2.28. The maximum Gasteiger partial charge on any atom is 0.276 e. The minimum absolute atomic E-state index is 0.123. The van der Waals surface area contributed by atoms with Crippen LogP contribution in [0.2, 0.25) is 5.02 Å². The van der Waals surface area contributed by atoms with Gasteiger partial charge in [0.25, 0.3) is 5.91 Å². The first-order chi connectivity index (χ1) is 15.0. The summed E-state index contributed by atoms with van der Waals surface area (Å²) in [5.74, 6) is -0.226. The fourth-order valence-electron chi connectivity index (χ4n) is 3.04. The van der Waals surface area contributed by atoms with E-state index in [9.17, 15) is 9.59 Å². The van der Waals surface area contributed by atoms with Gasteiger partial charge in [-0.3, -0.25) is 9.59 Å². The Hall–Kier alpha value is -4.04. The van der Waals surface area contributed by atoms with E-state index in [0.717, 1.165) is 0 Å². The molecule has 2 aromatic heterocycles. The highest BCUT2D eigenvalue weighted by Gasteiger charge is 2.20. The third kappa shape index (κ3) is 4.15. The van der Waals surface area contributed by atoms with Crippen molar-refractivity contribution in [3.8, 4) is 22.9 Å². The molecule has 0 atom stereocenters. The van der Waals surface area contributed by atoms with E-state index in [1.54, 1.807) is 47.1 Å². The Morgan fingerprint density at radius 2 is 1.97 bits per heavy atom. The first kappa shape index (κ1) is 20.2. The summed E-state index contributed by atoms with van der Waals surface area (Å²) in [4.78, 5) is 24.5. The van der Waals surface area contributed by atoms with E-state index in [-0.39, 0.29) is 11.3 Å². The van der Waals surface area contributed by atoms with Crippen LogP contribution in [0.3, 0.4) is 0 Å². The van der Waals surface area contributed by atoms with Gasteiger partial charge in [-0.1, -0.05) is 17.7 Å². The first-order valence-electron chi connectivity index (χ1n) is 9.15. The summed E-state index contributed by atoms with van der Waals surface area (Å²) in [5.41, 5.74) is 7.21. The topological polar surface area (TPSA) is 112 Å². The second-order valence-corrected chi connectivity index (χ2v) is 6.95. The molecular weight excluding hydrogens is 420 g/mol. The molecule has 0 fully saturated rings. The quantitative estimate of drug-likeness (QED) is 0.471. The molecule has 4 aromatic rings. The van der Waals surface area contributed by atoms with Crippen molar-refractivity contribution in [1.29, 1.82) is 0 Å². The van der Waals surface area contributed by atoms with E-state index >= 15 is 0 Å². The molecule has 156 valence electrons. The van der Waals surface area contributed by atoms with Gasteiger partial charge in [0.1, 0.15) is 11.4 Å². The number of furan rings is 1. The van der Waals surface area contributed by atoms with E-state index in [2.05, 4.69) is 10.4 Å². The number of primary amides is 1. The van der Waals surface area contributed by atoms with Crippen LogP contribution >= 0.6 is 11.6 Å². The molecule has 0 aliphatic rings. The molecule has 0 aliphatic heterocycles. The lowest BCUT2D eigenvalue weighted by molar-refractivity contribution is 0.0995. The highest BCUT2D eigenvalue weighted by atomic mass is 35.5. The van der Waals surface area contributed by atoms with E-state index in [1.165, 1.54) is 25.5 Å². The molecule has 0 unspecified atom stereocenters. The number of nitrogens with one attached hydrogen (secondary N) is 1. The van der Waals surface area contributed by atoms with Crippen molar-refractivity contribution in [3.05, 3.63) is 83.2 Å². The third-order valence-electron chi connectivity index (χ3n) is 4.50. The smallest absolute Gasteiger partial charge is 0.276 e. The Kier molecular flexibility index (Phi) is 5.46. The molecule has 4 rings (SSSR count). The molecule has 2 amide bonds. The first-order valence-corrected chi connectivity index (χ1v) is 9.53. The Labute approximate surface area is 182 Å². The normalized spacial score (nSPS) is 10.6. The maximum atomic E-state index is 13.0. The number of carbonyl (C=O) groups is 2. The van der Waals surface area contributed by atoms with Gasteiger partial charge >= 0.3 is 0 Å². The zero-order valence-corrected chi connectivity index (χ0v) is 17.1. The van der Waals surface area contributed by atoms with E-state index in [4.69, 9.17) is 26.5 Å². The number of nitrogens with zero attached hydrogens (tertiary/aromatic N) is 2. The van der Waals surface area contributed by atoms with Crippen LogP contribution in [0.25, 0.3) is 17.1 Å². The van der Waals surface area contributed by atoms with E-state index in [1.807, 2.05) is 6.07 Å². The molecule has 0 aliphatic carbocycles. The standard InChI is InChI=1S/C22H17ClN4O4/c1-30-19-8-7-13(21(24)28)10-16(19)25-22(29)17-12-18(20-6-3-9-31-20)27(26-17)15-5-2-4-14(23)11-15/h2-12H,1H3,(H2,24,28)(H,25,29). The van der Waals surface area contributed by atoms with Gasteiger partial charge in [-0.05, 0) is 48.5 Å². The van der Waals surface area contributed by atoms with Crippen molar-refractivity contribution in [2.45, 2.75) is 0 Å². The zero-order chi connectivity index (χ0) is 22.0. The molecular formula is C22H17ClN4O4. The number of anilines is 1. The molecule has 8 nitrogen and oxygen atoms in total. The summed E-state index contributed by atoms with van der Waals surface area (Å²) in [6.07, 6.45) is 1.53. The summed E-state index contributed by atoms with van der Waals surface area (Å²) in [6, 6.07) is 16.7. The van der Waals surface area contributed by atoms with Crippen molar-refractivity contribution >= 4 is 29.1 Å². The number of ether oxygens (including phenoxy) is 1. The lowest BCUT2D eigenvalue weighted by Gasteiger charge is -2.10. The number of amides is 2. The number of nitrogens with two attached hydrogens (primary N) is 1. The molecule has 2 aromatic carbocycles. The predicted molar refractivity (Wildman–Crippen MR) is 116 cm³/mol. The Bertz CT molecular complexity index is 1260. The molecule has 0 saturated carbocycles. The minimum Gasteiger partial charge on any atom is -0.495 e. The van der Waals surface area contributed by atoms with Gasteiger partial charge in [0.05, 0.1) is 24.7 Å². The molecule has 31 heavy (non-hydrogen) atoms. The maximum absolute atomic E-state index is 13.0. The van der Waals surface area contributed by atoms with Crippen molar-refractivity contribution in [1.82, 2.24) is 9.78 Å². The van der Waals surface area contributed by atoms with Crippen LogP contribution in [0.1, 0.15) is 20.8 Å². The summed E-state index contributed by atoms with van der Waals surface area (Å²) in [6.45, 7) is 0. The van der Waals surface area contributed by atoms with Crippen LogP contribution < -0.4 is 15.8 Å². The van der Waals surface area contributed by atoms with Gasteiger partial charge in [-0.25, -0.2) is 4.68 Å². The molecule has 0 spiro atoms. The molecule has 9 heteroatoms. The van der Waals surface area contributed by atoms with Gasteiger partial charge < -0.3 is 20.2 Å².